The minimum Gasteiger partial charge on any atom is -0.361 e. The van der Waals surface area contributed by atoms with Crippen LogP contribution >= 0.6 is 0 Å². The number of carbonyl (C=O) groups is 1. The van der Waals surface area contributed by atoms with Crippen LogP contribution in [0.3, 0.4) is 0 Å². The lowest BCUT2D eigenvalue weighted by Gasteiger charge is -2.12. The minimum absolute atomic E-state index is 0.0453. The Bertz CT molecular complexity index is 602. The summed E-state index contributed by atoms with van der Waals surface area (Å²) in [7, 11) is 0. The highest BCUT2D eigenvalue weighted by Gasteiger charge is 2.31. The number of likely N-dealkylation sites (tertiary alicyclic amines) is 1. The first kappa shape index (κ1) is 13.0. The zero-order chi connectivity index (χ0) is 13.8. The fraction of sp³-hybridized carbons (Fsp3) is 0.357. The molecule has 1 saturated heterocycles. The van der Waals surface area contributed by atoms with Gasteiger partial charge in [0.05, 0.1) is 17.2 Å². The molecular formula is C14H14N4O. The average molecular weight is 254 g/mol. The summed E-state index contributed by atoms with van der Waals surface area (Å²) in [4.78, 5) is 17.1. The van der Waals surface area contributed by atoms with Gasteiger partial charge in [-0.1, -0.05) is 0 Å². The molecule has 0 aliphatic carbocycles. The number of hydrogen-bond donors (Lipinski definition) is 0. The lowest BCUT2D eigenvalue weighted by Crippen LogP contribution is -2.35. The maximum Gasteiger partial charge on any atom is 0.386 e. The van der Waals surface area contributed by atoms with E-state index in [-0.39, 0.29) is 11.6 Å². The van der Waals surface area contributed by atoms with Gasteiger partial charge in [0, 0.05) is 13.1 Å². The molecule has 2 rings (SSSR count). The molecule has 0 radical (unpaired) electrons. The molecule has 1 amide bonds. The lowest BCUT2D eigenvalue weighted by atomic mass is 10.0. The van der Waals surface area contributed by atoms with Crippen molar-refractivity contribution in [2.24, 2.45) is 0 Å². The van der Waals surface area contributed by atoms with Crippen LogP contribution in [-0.4, -0.2) is 34.4 Å². The molecule has 19 heavy (non-hydrogen) atoms. The Kier molecular flexibility index (Phi) is 3.74. The van der Waals surface area contributed by atoms with Crippen LogP contribution in [0.2, 0.25) is 0 Å². The van der Waals surface area contributed by atoms with Crippen molar-refractivity contribution in [3.8, 4) is 6.07 Å². The SMILES string of the molecule is Cc1cc(C#N)ccc1C(=[N+]=[N-])C(=O)N1CCCC1. The molecule has 0 aromatic heterocycles. The van der Waals surface area contributed by atoms with E-state index in [0.29, 0.717) is 24.2 Å². The molecule has 1 aromatic carbocycles. The van der Waals surface area contributed by atoms with E-state index in [9.17, 15) is 4.79 Å². The summed E-state index contributed by atoms with van der Waals surface area (Å²) in [6.45, 7) is 3.19. The Morgan fingerprint density at radius 3 is 2.63 bits per heavy atom. The van der Waals surface area contributed by atoms with Crippen LogP contribution < -0.4 is 0 Å². The molecule has 0 atom stereocenters. The second-order valence-electron chi connectivity index (χ2n) is 4.59. The monoisotopic (exact) mass is 254 g/mol. The van der Waals surface area contributed by atoms with Crippen molar-refractivity contribution in [3.05, 3.63) is 40.4 Å². The van der Waals surface area contributed by atoms with Gasteiger partial charge in [-0.2, -0.15) is 10.1 Å². The number of nitrogens with zero attached hydrogens (tertiary/aromatic N) is 4. The van der Waals surface area contributed by atoms with Crippen LogP contribution in [0.1, 0.15) is 29.5 Å². The molecule has 1 heterocycles. The van der Waals surface area contributed by atoms with E-state index < -0.39 is 0 Å². The number of hydrogen-bond acceptors (Lipinski definition) is 2. The summed E-state index contributed by atoms with van der Waals surface area (Å²) in [5, 5.41) is 8.83. The van der Waals surface area contributed by atoms with Gasteiger partial charge in [-0.25, -0.2) is 0 Å². The van der Waals surface area contributed by atoms with Gasteiger partial charge in [0.25, 0.3) is 0 Å². The molecule has 0 saturated carbocycles. The summed E-state index contributed by atoms with van der Waals surface area (Å²) >= 11 is 0. The molecule has 5 heteroatoms. The van der Waals surface area contributed by atoms with Crippen LogP contribution in [0, 0.1) is 18.3 Å². The number of carbonyl (C=O) groups excluding carboxylic acids is 1. The Morgan fingerprint density at radius 2 is 2.11 bits per heavy atom. The van der Waals surface area contributed by atoms with Gasteiger partial charge >= 0.3 is 11.6 Å². The van der Waals surface area contributed by atoms with E-state index in [1.165, 1.54) is 0 Å². The van der Waals surface area contributed by atoms with Crippen molar-refractivity contribution in [1.82, 2.24) is 4.90 Å². The summed E-state index contributed by atoms with van der Waals surface area (Å²) < 4.78 is 0. The van der Waals surface area contributed by atoms with Gasteiger partial charge in [0.1, 0.15) is 0 Å². The number of rotatable bonds is 2. The topological polar surface area (TPSA) is 80.5 Å². The fourth-order valence-corrected chi connectivity index (χ4v) is 2.28. The van der Waals surface area contributed by atoms with Crippen molar-refractivity contribution in [3.63, 3.8) is 0 Å². The number of nitriles is 1. The Balaban J connectivity index is 2.35. The standard InChI is InChI=1S/C14H14N4O/c1-10-8-11(9-15)4-5-12(10)13(17-16)14(19)18-6-2-3-7-18/h4-5,8H,2-3,6-7H2,1H3. The van der Waals surface area contributed by atoms with Crippen LogP contribution in [0.5, 0.6) is 0 Å². The highest BCUT2D eigenvalue weighted by atomic mass is 16.2. The van der Waals surface area contributed by atoms with Crippen molar-refractivity contribution >= 4 is 11.6 Å². The molecule has 1 fully saturated rings. The average Bonchev–Trinajstić information content (AvgIpc) is 2.95. The lowest BCUT2D eigenvalue weighted by molar-refractivity contribution is -0.127. The van der Waals surface area contributed by atoms with Gasteiger partial charge in [-0.05, 0) is 43.5 Å². The first-order valence-corrected chi connectivity index (χ1v) is 6.20. The van der Waals surface area contributed by atoms with E-state index >= 15 is 0 Å². The molecule has 1 aromatic rings. The van der Waals surface area contributed by atoms with Crippen molar-refractivity contribution in [2.75, 3.05) is 13.1 Å². The van der Waals surface area contributed by atoms with Gasteiger partial charge < -0.3 is 10.4 Å². The smallest absolute Gasteiger partial charge is 0.361 e. The number of amides is 1. The minimum atomic E-state index is -0.257. The predicted octanol–water partition coefficient (Wildman–Crippen LogP) is 1.51. The molecule has 5 nitrogen and oxygen atoms in total. The van der Waals surface area contributed by atoms with Crippen LogP contribution in [-0.2, 0) is 4.79 Å². The number of aryl methyl sites for hydroxylation is 1. The summed E-state index contributed by atoms with van der Waals surface area (Å²) in [6.07, 6.45) is 1.97. The highest BCUT2D eigenvalue weighted by Crippen LogP contribution is 2.15. The van der Waals surface area contributed by atoms with Gasteiger partial charge in [-0.15, -0.1) is 0 Å². The Labute approximate surface area is 111 Å². The quantitative estimate of drug-likeness (QED) is 0.455. The third-order valence-corrected chi connectivity index (χ3v) is 3.31. The van der Waals surface area contributed by atoms with E-state index in [4.69, 9.17) is 10.8 Å². The molecule has 0 N–H and O–H groups in total. The van der Waals surface area contributed by atoms with Gasteiger partial charge in [-0.3, -0.25) is 4.79 Å². The van der Waals surface area contributed by atoms with E-state index in [1.54, 1.807) is 30.0 Å². The largest absolute Gasteiger partial charge is 0.386 e. The third-order valence-electron chi connectivity index (χ3n) is 3.31. The van der Waals surface area contributed by atoms with E-state index in [1.807, 2.05) is 6.07 Å². The van der Waals surface area contributed by atoms with Crippen molar-refractivity contribution < 1.29 is 9.58 Å². The third kappa shape index (κ3) is 2.54. The Hall–Kier alpha value is -2.44. The first-order chi connectivity index (χ1) is 9.17. The second kappa shape index (κ2) is 5.47. The molecule has 96 valence electrons. The fourth-order valence-electron chi connectivity index (χ4n) is 2.28. The predicted molar refractivity (Wildman–Crippen MR) is 69.4 cm³/mol. The molecule has 0 spiro atoms. The molecule has 1 aliphatic heterocycles. The maximum atomic E-state index is 12.3. The zero-order valence-corrected chi connectivity index (χ0v) is 10.8. The zero-order valence-electron chi connectivity index (χ0n) is 10.8. The molecule has 1 aliphatic rings. The van der Waals surface area contributed by atoms with Gasteiger partial charge in [0.2, 0.25) is 0 Å². The van der Waals surface area contributed by atoms with Crippen LogP contribution in [0.15, 0.2) is 18.2 Å². The maximum absolute atomic E-state index is 12.3. The Morgan fingerprint density at radius 1 is 1.42 bits per heavy atom. The van der Waals surface area contributed by atoms with Crippen LogP contribution in [0.25, 0.3) is 5.53 Å². The van der Waals surface area contributed by atoms with Crippen LogP contribution in [0.4, 0.5) is 0 Å². The van der Waals surface area contributed by atoms with Crippen molar-refractivity contribution in [2.45, 2.75) is 19.8 Å². The second-order valence-corrected chi connectivity index (χ2v) is 4.59. The van der Waals surface area contributed by atoms with Crippen molar-refractivity contribution in [1.29, 1.82) is 5.26 Å². The summed E-state index contributed by atoms with van der Waals surface area (Å²) in [5.74, 6) is -0.257. The first-order valence-electron chi connectivity index (χ1n) is 6.20. The molecular weight excluding hydrogens is 240 g/mol. The summed E-state index contributed by atoms with van der Waals surface area (Å²) in [6, 6.07) is 6.98. The van der Waals surface area contributed by atoms with E-state index in [2.05, 4.69) is 4.79 Å². The highest BCUT2D eigenvalue weighted by molar-refractivity contribution is 6.43. The summed E-state index contributed by atoms with van der Waals surface area (Å²) in [5.41, 5.74) is 11.0. The number of benzene rings is 1. The van der Waals surface area contributed by atoms with Gasteiger partial charge in [0.15, 0.2) is 0 Å². The normalized spacial score (nSPS) is 13.8. The molecule has 0 unspecified atom stereocenters. The molecule has 0 bridgehead atoms. The van der Waals surface area contributed by atoms with E-state index in [0.717, 1.165) is 18.4 Å².